The molecule has 2 aromatic carbocycles. The molecule has 2 saturated carbocycles. The Morgan fingerprint density at radius 2 is 1.63 bits per heavy atom. The molecular formula is C40H64N4O2. The lowest BCUT2D eigenvalue weighted by Gasteiger charge is -2.29. The zero-order valence-electron chi connectivity index (χ0n) is 30.3. The maximum atomic E-state index is 12.3. The zero-order chi connectivity index (χ0) is 34.0. The summed E-state index contributed by atoms with van der Waals surface area (Å²) in [6, 6.07) is 13.1. The number of aliphatic imine (C=N–C) groups is 1. The fourth-order valence-electron chi connectivity index (χ4n) is 6.61. The SMILES string of the molecule is CCC.CCC1CC(C(C)C)CCC(C)(CC)C1.CNc1ccc(NC=O)cc1N=Cc1ccc(NC(=O)C2CCCCC2)cc1. The fraction of sp³-hybridized carbons (Fsp3) is 0.625. The molecule has 2 aromatic rings. The average Bonchev–Trinajstić information content (AvgIpc) is 3.25. The topological polar surface area (TPSA) is 82.6 Å². The van der Waals surface area contributed by atoms with Gasteiger partial charge in [-0.3, -0.25) is 14.6 Å². The van der Waals surface area contributed by atoms with Crippen LogP contribution in [0.2, 0.25) is 0 Å². The zero-order valence-corrected chi connectivity index (χ0v) is 30.3. The van der Waals surface area contributed by atoms with E-state index < -0.39 is 0 Å². The van der Waals surface area contributed by atoms with Crippen molar-refractivity contribution in [3.8, 4) is 0 Å². The number of carbonyl (C=O) groups is 2. The van der Waals surface area contributed by atoms with E-state index >= 15 is 0 Å². The third-order valence-corrected chi connectivity index (χ3v) is 9.91. The standard InChI is InChI=1S/C22H26N4O2.C15H30.C3H8/c1-23-20-12-11-19(25-15-27)13-21(20)24-14-16-7-9-18(10-8-16)26-22(28)17-5-3-2-4-6-17;1-6-13-10-14(12(3)4)8-9-15(5,7-2)11-13;1-3-2/h7-15,17,23H,2-6H2,1H3,(H,25,27)(H,26,28);12-14H,6-11H2,1-5H3;3H2,1-2H3. The first-order chi connectivity index (χ1) is 22.1. The molecule has 256 valence electrons. The van der Waals surface area contributed by atoms with Gasteiger partial charge < -0.3 is 16.0 Å². The van der Waals surface area contributed by atoms with Gasteiger partial charge in [-0.05, 0) is 97.6 Å². The second kappa shape index (κ2) is 20.9. The molecule has 0 bridgehead atoms. The Kier molecular flexibility index (Phi) is 17.7. The Balaban J connectivity index is 0.000000344. The first kappa shape index (κ1) is 39.0. The number of hydrogen-bond acceptors (Lipinski definition) is 4. The molecule has 3 atom stereocenters. The molecule has 0 heterocycles. The molecule has 0 radical (unpaired) electrons. The third-order valence-electron chi connectivity index (χ3n) is 9.91. The van der Waals surface area contributed by atoms with Gasteiger partial charge in [-0.25, -0.2) is 0 Å². The molecular weight excluding hydrogens is 568 g/mol. The van der Waals surface area contributed by atoms with Crippen molar-refractivity contribution in [2.24, 2.45) is 34.1 Å². The highest BCUT2D eigenvalue weighted by Gasteiger charge is 2.32. The van der Waals surface area contributed by atoms with Crippen molar-refractivity contribution in [1.82, 2.24) is 0 Å². The number of hydrogen-bond donors (Lipinski definition) is 3. The summed E-state index contributed by atoms with van der Waals surface area (Å²) in [7, 11) is 1.82. The van der Waals surface area contributed by atoms with Gasteiger partial charge in [-0.1, -0.05) is 99.1 Å². The minimum absolute atomic E-state index is 0.124. The van der Waals surface area contributed by atoms with Gasteiger partial charge in [0.15, 0.2) is 0 Å². The summed E-state index contributed by atoms with van der Waals surface area (Å²) >= 11 is 0. The van der Waals surface area contributed by atoms with Crippen LogP contribution in [0.25, 0.3) is 0 Å². The van der Waals surface area contributed by atoms with Crippen LogP contribution in [0.4, 0.5) is 22.7 Å². The lowest BCUT2D eigenvalue weighted by atomic mass is 9.77. The second-order valence-corrected chi connectivity index (χ2v) is 14.1. The monoisotopic (exact) mass is 633 g/mol. The average molecular weight is 633 g/mol. The summed E-state index contributed by atoms with van der Waals surface area (Å²) in [4.78, 5) is 27.5. The predicted molar refractivity (Wildman–Crippen MR) is 200 cm³/mol. The summed E-state index contributed by atoms with van der Waals surface area (Å²) in [6.45, 7) is 16.3. The van der Waals surface area contributed by atoms with Crippen LogP contribution in [-0.2, 0) is 9.59 Å². The van der Waals surface area contributed by atoms with Gasteiger partial charge in [0.2, 0.25) is 12.3 Å². The van der Waals surface area contributed by atoms with Gasteiger partial charge in [0.25, 0.3) is 0 Å². The van der Waals surface area contributed by atoms with E-state index in [0.29, 0.717) is 17.5 Å². The molecule has 2 aliphatic rings. The Morgan fingerprint density at radius 1 is 0.978 bits per heavy atom. The van der Waals surface area contributed by atoms with Crippen LogP contribution in [-0.4, -0.2) is 25.6 Å². The predicted octanol–water partition coefficient (Wildman–Crippen LogP) is 11.3. The molecule has 0 aromatic heterocycles. The Hall–Kier alpha value is -3.15. The summed E-state index contributed by atoms with van der Waals surface area (Å²) < 4.78 is 0. The maximum absolute atomic E-state index is 12.3. The highest BCUT2D eigenvalue weighted by atomic mass is 16.2. The maximum Gasteiger partial charge on any atom is 0.227 e. The Bertz CT molecular complexity index is 1190. The largest absolute Gasteiger partial charge is 0.386 e. The van der Waals surface area contributed by atoms with Crippen LogP contribution in [0.3, 0.4) is 0 Å². The Morgan fingerprint density at radius 3 is 2.20 bits per heavy atom. The van der Waals surface area contributed by atoms with E-state index in [0.717, 1.165) is 66.1 Å². The summed E-state index contributed by atoms with van der Waals surface area (Å²) in [5.41, 5.74) is 4.65. The van der Waals surface area contributed by atoms with Crippen molar-refractivity contribution in [1.29, 1.82) is 0 Å². The highest BCUT2D eigenvalue weighted by Crippen LogP contribution is 2.44. The molecule has 0 saturated heterocycles. The minimum atomic E-state index is 0.124. The first-order valence-corrected chi connectivity index (χ1v) is 18.1. The molecule has 6 nitrogen and oxygen atoms in total. The van der Waals surface area contributed by atoms with Gasteiger partial charge >= 0.3 is 0 Å². The lowest BCUT2D eigenvalue weighted by Crippen LogP contribution is -2.24. The van der Waals surface area contributed by atoms with Gasteiger partial charge in [0.05, 0.1) is 11.4 Å². The quantitative estimate of drug-likeness (QED) is 0.138. The highest BCUT2D eigenvalue weighted by molar-refractivity contribution is 5.93. The van der Waals surface area contributed by atoms with E-state index in [1.54, 1.807) is 12.3 Å². The van der Waals surface area contributed by atoms with Crippen molar-refractivity contribution in [3.05, 3.63) is 48.0 Å². The van der Waals surface area contributed by atoms with Crippen LogP contribution < -0.4 is 16.0 Å². The molecule has 2 fully saturated rings. The third kappa shape index (κ3) is 13.3. The summed E-state index contributed by atoms with van der Waals surface area (Å²) in [5, 5.41) is 8.73. The van der Waals surface area contributed by atoms with Gasteiger partial charge in [0, 0.05) is 30.6 Å². The molecule has 6 heteroatoms. The van der Waals surface area contributed by atoms with Crippen LogP contribution in [0.5, 0.6) is 0 Å². The fourth-order valence-corrected chi connectivity index (χ4v) is 6.61. The van der Waals surface area contributed by atoms with Crippen LogP contribution in [0.15, 0.2) is 47.5 Å². The molecule has 3 N–H and O–H groups in total. The number of rotatable bonds is 10. The van der Waals surface area contributed by atoms with Crippen molar-refractivity contribution in [3.63, 3.8) is 0 Å². The molecule has 46 heavy (non-hydrogen) atoms. The van der Waals surface area contributed by atoms with Crippen LogP contribution in [0, 0.1) is 29.1 Å². The first-order valence-electron chi connectivity index (χ1n) is 18.1. The smallest absolute Gasteiger partial charge is 0.227 e. The van der Waals surface area contributed by atoms with Crippen molar-refractivity contribution in [2.75, 3.05) is 23.0 Å². The normalized spacial score (nSPS) is 21.7. The number of nitrogens with one attached hydrogen (secondary N) is 3. The number of benzene rings is 2. The van der Waals surface area contributed by atoms with Crippen LogP contribution >= 0.6 is 0 Å². The van der Waals surface area contributed by atoms with E-state index in [2.05, 4.69) is 69.4 Å². The van der Waals surface area contributed by atoms with Gasteiger partial charge in [-0.15, -0.1) is 0 Å². The van der Waals surface area contributed by atoms with Gasteiger partial charge in [-0.2, -0.15) is 0 Å². The van der Waals surface area contributed by atoms with E-state index in [-0.39, 0.29) is 11.8 Å². The molecule has 3 unspecified atom stereocenters. The van der Waals surface area contributed by atoms with Crippen molar-refractivity contribution in [2.45, 2.75) is 126 Å². The number of nitrogens with zero attached hydrogens (tertiary/aromatic N) is 1. The summed E-state index contributed by atoms with van der Waals surface area (Å²) in [5.74, 6) is 3.13. The van der Waals surface area contributed by atoms with Crippen molar-refractivity contribution < 1.29 is 9.59 Å². The van der Waals surface area contributed by atoms with E-state index in [1.807, 2.05) is 43.4 Å². The Labute approximate surface area is 281 Å². The van der Waals surface area contributed by atoms with E-state index in [1.165, 1.54) is 51.4 Å². The number of carbonyl (C=O) groups excluding carboxylic acids is 2. The second-order valence-electron chi connectivity index (χ2n) is 14.1. The van der Waals surface area contributed by atoms with E-state index in [4.69, 9.17) is 0 Å². The number of amides is 2. The molecule has 0 spiro atoms. The van der Waals surface area contributed by atoms with E-state index in [9.17, 15) is 9.59 Å². The van der Waals surface area contributed by atoms with Crippen molar-refractivity contribution >= 4 is 41.3 Å². The minimum Gasteiger partial charge on any atom is -0.386 e. The number of anilines is 3. The molecule has 2 aliphatic carbocycles. The summed E-state index contributed by atoms with van der Waals surface area (Å²) in [6.07, 6.45) is 17.8. The lowest BCUT2D eigenvalue weighted by molar-refractivity contribution is -0.120. The molecule has 4 rings (SSSR count). The van der Waals surface area contributed by atoms with Crippen LogP contribution in [0.1, 0.15) is 131 Å². The molecule has 2 amide bonds. The van der Waals surface area contributed by atoms with Gasteiger partial charge in [0.1, 0.15) is 0 Å². The molecule has 0 aliphatic heterocycles.